The number of aromatic carboxylic acids is 1. The highest BCUT2D eigenvalue weighted by molar-refractivity contribution is 7.99. The highest BCUT2D eigenvalue weighted by Crippen LogP contribution is 2.25. The molecule has 0 atom stereocenters. The molecule has 1 aromatic carbocycles. The van der Waals surface area contributed by atoms with Crippen molar-refractivity contribution in [3.05, 3.63) is 23.8 Å². The number of aromatic nitrogens is 3. The molecule has 6 heteroatoms. The summed E-state index contributed by atoms with van der Waals surface area (Å²) in [4.78, 5) is 10.9. The predicted molar refractivity (Wildman–Crippen MR) is 74.5 cm³/mol. The van der Waals surface area contributed by atoms with Crippen molar-refractivity contribution in [3.63, 3.8) is 0 Å². The van der Waals surface area contributed by atoms with Crippen molar-refractivity contribution in [1.82, 2.24) is 15.0 Å². The number of carboxylic acid groups (broad SMARTS) is 1. The van der Waals surface area contributed by atoms with Gasteiger partial charge in [0.05, 0.1) is 11.1 Å². The topological polar surface area (TPSA) is 68.0 Å². The molecule has 1 aromatic heterocycles. The molecule has 1 aliphatic rings. The van der Waals surface area contributed by atoms with E-state index in [9.17, 15) is 4.79 Å². The molecule has 0 unspecified atom stereocenters. The van der Waals surface area contributed by atoms with Crippen molar-refractivity contribution in [2.75, 3.05) is 11.5 Å². The zero-order valence-corrected chi connectivity index (χ0v) is 11.3. The monoisotopic (exact) mass is 277 g/mol. The van der Waals surface area contributed by atoms with E-state index in [1.54, 1.807) is 18.2 Å². The van der Waals surface area contributed by atoms with Crippen molar-refractivity contribution >= 4 is 28.8 Å². The van der Waals surface area contributed by atoms with Gasteiger partial charge in [0.25, 0.3) is 0 Å². The van der Waals surface area contributed by atoms with E-state index in [0.717, 1.165) is 12.1 Å². The van der Waals surface area contributed by atoms with Gasteiger partial charge < -0.3 is 5.11 Å². The summed E-state index contributed by atoms with van der Waals surface area (Å²) in [5.74, 6) is 2.17. The number of rotatable bonds is 3. The van der Waals surface area contributed by atoms with Crippen molar-refractivity contribution in [2.45, 2.75) is 19.4 Å². The average Bonchev–Trinajstić information content (AvgIpc) is 2.82. The van der Waals surface area contributed by atoms with E-state index in [4.69, 9.17) is 5.11 Å². The first-order valence-corrected chi connectivity index (χ1v) is 7.54. The van der Waals surface area contributed by atoms with E-state index in [-0.39, 0.29) is 5.56 Å². The molecule has 1 saturated heterocycles. The van der Waals surface area contributed by atoms with Gasteiger partial charge in [0.15, 0.2) is 0 Å². The van der Waals surface area contributed by atoms with Gasteiger partial charge in [0, 0.05) is 6.54 Å². The lowest BCUT2D eigenvalue weighted by Gasteiger charge is -2.20. The molecule has 2 aromatic rings. The lowest BCUT2D eigenvalue weighted by molar-refractivity contribution is 0.0697. The molecule has 1 aliphatic heterocycles. The first-order chi connectivity index (χ1) is 9.24. The van der Waals surface area contributed by atoms with Crippen LogP contribution in [0.1, 0.15) is 23.2 Å². The van der Waals surface area contributed by atoms with Gasteiger partial charge in [-0.05, 0) is 48.5 Å². The molecule has 0 saturated carbocycles. The maximum Gasteiger partial charge on any atom is 0.335 e. The second-order valence-electron chi connectivity index (χ2n) is 4.84. The Bertz CT molecular complexity index is 605. The standard InChI is InChI=1S/C13H15N3O2S/c17-13(18)10-1-2-12-11(7-10)14-15-16(12)8-9-3-5-19-6-4-9/h1-2,7,9H,3-6,8H2,(H,17,18). The number of hydrogen-bond donors (Lipinski definition) is 1. The summed E-state index contributed by atoms with van der Waals surface area (Å²) in [5, 5.41) is 17.2. The molecule has 100 valence electrons. The Morgan fingerprint density at radius 1 is 1.42 bits per heavy atom. The molecular formula is C13H15N3O2S. The van der Waals surface area contributed by atoms with Crippen molar-refractivity contribution in [2.24, 2.45) is 5.92 Å². The number of carboxylic acids is 1. The Kier molecular flexibility index (Phi) is 3.42. The number of carbonyl (C=O) groups is 1. The van der Waals surface area contributed by atoms with E-state index in [0.29, 0.717) is 11.4 Å². The van der Waals surface area contributed by atoms with Crippen LogP contribution < -0.4 is 0 Å². The summed E-state index contributed by atoms with van der Waals surface area (Å²) < 4.78 is 1.90. The van der Waals surface area contributed by atoms with E-state index in [1.165, 1.54) is 24.3 Å². The summed E-state index contributed by atoms with van der Waals surface area (Å²) in [6.07, 6.45) is 2.44. The van der Waals surface area contributed by atoms with Gasteiger partial charge in [0.1, 0.15) is 5.52 Å². The van der Waals surface area contributed by atoms with Gasteiger partial charge in [0.2, 0.25) is 0 Å². The van der Waals surface area contributed by atoms with Gasteiger partial charge in [-0.25, -0.2) is 9.48 Å². The first kappa shape index (κ1) is 12.5. The lowest BCUT2D eigenvalue weighted by atomic mass is 10.0. The number of hydrogen-bond acceptors (Lipinski definition) is 4. The van der Waals surface area contributed by atoms with Crippen LogP contribution in [0.4, 0.5) is 0 Å². The Morgan fingerprint density at radius 3 is 2.95 bits per heavy atom. The normalized spacial score (nSPS) is 16.8. The maximum absolute atomic E-state index is 10.9. The number of nitrogens with zero attached hydrogens (tertiary/aromatic N) is 3. The van der Waals surface area contributed by atoms with Crippen LogP contribution in [0.25, 0.3) is 11.0 Å². The van der Waals surface area contributed by atoms with Crippen molar-refractivity contribution < 1.29 is 9.90 Å². The van der Waals surface area contributed by atoms with Gasteiger partial charge in [-0.1, -0.05) is 5.21 Å². The van der Waals surface area contributed by atoms with Crippen LogP contribution in [0, 0.1) is 5.92 Å². The predicted octanol–water partition coefficient (Wildman–Crippen LogP) is 2.27. The third-order valence-electron chi connectivity index (χ3n) is 3.53. The van der Waals surface area contributed by atoms with Gasteiger partial charge in [-0.3, -0.25) is 0 Å². The molecule has 2 heterocycles. The lowest BCUT2D eigenvalue weighted by Crippen LogP contribution is -2.17. The summed E-state index contributed by atoms with van der Waals surface area (Å²) in [6.45, 7) is 0.878. The quantitative estimate of drug-likeness (QED) is 0.932. The zero-order valence-electron chi connectivity index (χ0n) is 10.5. The third kappa shape index (κ3) is 2.58. The van der Waals surface area contributed by atoms with Crippen LogP contribution >= 0.6 is 11.8 Å². The fraction of sp³-hybridized carbons (Fsp3) is 0.462. The molecule has 0 amide bonds. The van der Waals surface area contributed by atoms with E-state index in [2.05, 4.69) is 10.3 Å². The first-order valence-electron chi connectivity index (χ1n) is 6.38. The summed E-state index contributed by atoms with van der Waals surface area (Å²) >= 11 is 2.01. The van der Waals surface area contributed by atoms with E-state index >= 15 is 0 Å². The molecule has 3 rings (SSSR count). The minimum absolute atomic E-state index is 0.258. The van der Waals surface area contributed by atoms with Crippen LogP contribution in [0.3, 0.4) is 0 Å². The number of thioether (sulfide) groups is 1. The molecule has 1 N–H and O–H groups in total. The second-order valence-corrected chi connectivity index (χ2v) is 6.06. The van der Waals surface area contributed by atoms with Gasteiger partial charge >= 0.3 is 5.97 Å². The van der Waals surface area contributed by atoms with Crippen LogP contribution in [0.15, 0.2) is 18.2 Å². The highest BCUT2D eigenvalue weighted by atomic mass is 32.2. The smallest absolute Gasteiger partial charge is 0.335 e. The number of fused-ring (bicyclic) bond motifs is 1. The number of benzene rings is 1. The van der Waals surface area contributed by atoms with Crippen LogP contribution in [-0.4, -0.2) is 37.6 Å². The summed E-state index contributed by atoms with van der Waals surface area (Å²) in [7, 11) is 0. The third-order valence-corrected chi connectivity index (χ3v) is 4.58. The molecule has 1 fully saturated rings. The Morgan fingerprint density at radius 2 is 2.21 bits per heavy atom. The fourth-order valence-corrected chi connectivity index (χ4v) is 3.62. The van der Waals surface area contributed by atoms with Crippen LogP contribution in [0.2, 0.25) is 0 Å². The minimum Gasteiger partial charge on any atom is -0.478 e. The van der Waals surface area contributed by atoms with Crippen molar-refractivity contribution in [3.8, 4) is 0 Å². The maximum atomic E-state index is 10.9. The average molecular weight is 277 g/mol. The molecule has 19 heavy (non-hydrogen) atoms. The SMILES string of the molecule is O=C(O)c1ccc2c(c1)nnn2CC1CCSCC1. The largest absolute Gasteiger partial charge is 0.478 e. The summed E-state index contributed by atoms with van der Waals surface area (Å²) in [5.41, 5.74) is 1.84. The zero-order chi connectivity index (χ0) is 13.2. The highest BCUT2D eigenvalue weighted by Gasteiger charge is 2.16. The molecule has 0 radical (unpaired) electrons. The molecule has 5 nitrogen and oxygen atoms in total. The second kappa shape index (κ2) is 5.21. The van der Waals surface area contributed by atoms with Gasteiger partial charge in [-0.2, -0.15) is 11.8 Å². The Hall–Kier alpha value is -1.56. The van der Waals surface area contributed by atoms with E-state index < -0.39 is 5.97 Å². The van der Waals surface area contributed by atoms with Crippen molar-refractivity contribution in [1.29, 1.82) is 0 Å². The van der Waals surface area contributed by atoms with Crippen LogP contribution in [0.5, 0.6) is 0 Å². The summed E-state index contributed by atoms with van der Waals surface area (Å²) in [6, 6.07) is 5.00. The Labute approximate surface area is 115 Å². The molecular weight excluding hydrogens is 262 g/mol. The minimum atomic E-state index is -0.930. The molecule has 0 aliphatic carbocycles. The van der Waals surface area contributed by atoms with Crippen LogP contribution in [-0.2, 0) is 6.54 Å². The van der Waals surface area contributed by atoms with Gasteiger partial charge in [-0.15, -0.1) is 5.10 Å². The van der Waals surface area contributed by atoms with E-state index in [1.807, 2.05) is 16.4 Å². The molecule has 0 spiro atoms. The molecule has 0 bridgehead atoms. The fourth-order valence-electron chi connectivity index (χ4n) is 2.41. The Balaban J connectivity index is 1.86.